The van der Waals surface area contributed by atoms with Crippen LogP contribution in [0.1, 0.15) is 39.5 Å². The lowest BCUT2D eigenvalue weighted by Crippen LogP contribution is -2.56. The largest absolute Gasteiger partial charge is 0.480 e. The number of aliphatic hydroxyl groups is 1. The van der Waals surface area contributed by atoms with Crippen LogP contribution in [0.15, 0.2) is 0 Å². The summed E-state index contributed by atoms with van der Waals surface area (Å²) in [4.78, 5) is 22.0. The maximum Gasteiger partial charge on any atom is 0.327 e. The SMILES string of the molecule is CC(=O)NC(CNC1(CO)CCC(C)CC1)C(=O)O. The number of rotatable bonds is 6. The molecule has 6 nitrogen and oxygen atoms in total. The van der Waals surface area contributed by atoms with Crippen LogP contribution in [-0.4, -0.2) is 46.8 Å². The van der Waals surface area contributed by atoms with Crippen LogP contribution in [0, 0.1) is 5.92 Å². The van der Waals surface area contributed by atoms with Gasteiger partial charge in [0, 0.05) is 19.0 Å². The lowest BCUT2D eigenvalue weighted by atomic mass is 9.77. The standard InChI is InChI=1S/C13H24N2O4/c1-9-3-5-13(8-16,6-4-9)14-7-11(12(18)19)15-10(2)17/h9,11,14,16H,3-8H2,1-2H3,(H,15,17)(H,18,19). The van der Waals surface area contributed by atoms with Gasteiger partial charge in [0.15, 0.2) is 0 Å². The van der Waals surface area contributed by atoms with Gasteiger partial charge in [0.1, 0.15) is 6.04 Å². The van der Waals surface area contributed by atoms with E-state index < -0.39 is 17.6 Å². The summed E-state index contributed by atoms with van der Waals surface area (Å²) in [6, 6.07) is -0.958. The first-order valence-corrected chi connectivity index (χ1v) is 6.74. The first-order chi connectivity index (χ1) is 8.88. The second-order valence-corrected chi connectivity index (χ2v) is 5.59. The van der Waals surface area contributed by atoms with E-state index in [0.717, 1.165) is 25.7 Å². The number of aliphatic carboxylic acids is 1. The van der Waals surface area contributed by atoms with Gasteiger partial charge in [-0.15, -0.1) is 0 Å². The summed E-state index contributed by atoms with van der Waals surface area (Å²) in [5.41, 5.74) is -0.404. The minimum Gasteiger partial charge on any atom is -0.480 e. The van der Waals surface area contributed by atoms with Crippen LogP contribution in [0.4, 0.5) is 0 Å². The predicted octanol–water partition coefficient (Wildman–Crippen LogP) is 0.106. The molecule has 0 heterocycles. The molecule has 1 rings (SSSR count). The molecule has 1 saturated carbocycles. The molecule has 0 aromatic heterocycles. The van der Waals surface area contributed by atoms with Crippen molar-refractivity contribution in [2.75, 3.05) is 13.2 Å². The van der Waals surface area contributed by atoms with Crippen molar-refractivity contribution in [1.82, 2.24) is 10.6 Å². The van der Waals surface area contributed by atoms with E-state index in [9.17, 15) is 14.7 Å². The van der Waals surface area contributed by atoms with Crippen LogP contribution in [-0.2, 0) is 9.59 Å². The van der Waals surface area contributed by atoms with Crippen LogP contribution in [0.25, 0.3) is 0 Å². The van der Waals surface area contributed by atoms with E-state index in [1.165, 1.54) is 6.92 Å². The highest BCUT2D eigenvalue weighted by atomic mass is 16.4. The molecule has 110 valence electrons. The van der Waals surface area contributed by atoms with Crippen molar-refractivity contribution in [2.45, 2.75) is 51.1 Å². The van der Waals surface area contributed by atoms with E-state index in [0.29, 0.717) is 5.92 Å². The molecule has 0 bridgehead atoms. The molecule has 1 amide bonds. The average molecular weight is 272 g/mol. The number of carboxylic acids is 1. The number of amides is 1. The number of hydrogen-bond acceptors (Lipinski definition) is 4. The Bertz CT molecular complexity index is 325. The Balaban J connectivity index is 2.55. The molecule has 0 aliphatic heterocycles. The Kier molecular flexibility index (Phi) is 5.75. The summed E-state index contributed by atoms with van der Waals surface area (Å²) < 4.78 is 0. The first kappa shape index (κ1) is 15.9. The van der Waals surface area contributed by atoms with Crippen LogP contribution >= 0.6 is 0 Å². The molecule has 6 heteroatoms. The number of carboxylic acid groups (broad SMARTS) is 1. The van der Waals surface area contributed by atoms with E-state index in [2.05, 4.69) is 17.6 Å². The highest BCUT2D eigenvalue weighted by Crippen LogP contribution is 2.31. The molecular formula is C13H24N2O4. The van der Waals surface area contributed by atoms with Gasteiger partial charge in [-0.3, -0.25) is 4.79 Å². The van der Waals surface area contributed by atoms with Gasteiger partial charge in [-0.1, -0.05) is 6.92 Å². The monoisotopic (exact) mass is 272 g/mol. The Morgan fingerprint density at radius 3 is 2.37 bits per heavy atom. The lowest BCUT2D eigenvalue weighted by Gasteiger charge is -2.39. The van der Waals surface area contributed by atoms with E-state index in [1.807, 2.05) is 0 Å². The van der Waals surface area contributed by atoms with Gasteiger partial charge in [0.25, 0.3) is 0 Å². The van der Waals surface area contributed by atoms with E-state index in [4.69, 9.17) is 5.11 Å². The maximum atomic E-state index is 11.0. The summed E-state index contributed by atoms with van der Waals surface area (Å²) in [7, 11) is 0. The minimum atomic E-state index is -1.07. The molecule has 1 unspecified atom stereocenters. The fraction of sp³-hybridized carbons (Fsp3) is 0.846. The molecule has 1 atom stereocenters. The molecule has 0 aromatic carbocycles. The van der Waals surface area contributed by atoms with Gasteiger partial charge < -0.3 is 20.8 Å². The molecule has 0 spiro atoms. The average Bonchev–Trinajstić information content (AvgIpc) is 2.36. The Labute approximate surface area is 113 Å². The van der Waals surface area contributed by atoms with Gasteiger partial charge in [-0.05, 0) is 31.6 Å². The van der Waals surface area contributed by atoms with Crippen molar-refractivity contribution < 1.29 is 19.8 Å². The zero-order chi connectivity index (χ0) is 14.5. The zero-order valence-corrected chi connectivity index (χ0v) is 11.6. The second-order valence-electron chi connectivity index (χ2n) is 5.59. The van der Waals surface area contributed by atoms with Crippen LogP contribution in [0.3, 0.4) is 0 Å². The zero-order valence-electron chi connectivity index (χ0n) is 11.6. The third-order valence-corrected chi connectivity index (χ3v) is 3.89. The summed E-state index contributed by atoms with van der Waals surface area (Å²) in [5.74, 6) is -0.795. The third-order valence-electron chi connectivity index (χ3n) is 3.89. The minimum absolute atomic E-state index is 0.00781. The van der Waals surface area contributed by atoms with Crippen molar-refractivity contribution in [3.63, 3.8) is 0 Å². The molecule has 4 N–H and O–H groups in total. The molecule has 1 aliphatic rings. The van der Waals surface area contributed by atoms with Crippen molar-refractivity contribution in [3.8, 4) is 0 Å². The van der Waals surface area contributed by atoms with Crippen LogP contribution in [0.2, 0.25) is 0 Å². The Morgan fingerprint density at radius 1 is 1.37 bits per heavy atom. The van der Waals surface area contributed by atoms with Crippen molar-refractivity contribution in [1.29, 1.82) is 0 Å². The molecule has 1 fully saturated rings. The molecule has 0 aromatic rings. The summed E-state index contributed by atoms with van der Waals surface area (Å²) >= 11 is 0. The normalized spacial score (nSPS) is 28.7. The maximum absolute atomic E-state index is 11.0. The van der Waals surface area contributed by atoms with Gasteiger partial charge in [0.2, 0.25) is 5.91 Å². The highest BCUT2D eigenvalue weighted by Gasteiger charge is 2.34. The van der Waals surface area contributed by atoms with Gasteiger partial charge in [-0.25, -0.2) is 4.79 Å². The summed E-state index contributed by atoms with van der Waals surface area (Å²) in [5, 5.41) is 24.1. The first-order valence-electron chi connectivity index (χ1n) is 6.74. The molecule has 0 saturated heterocycles. The van der Waals surface area contributed by atoms with Crippen molar-refractivity contribution in [2.24, 2.45) is 5.92 Å². The smallest absolute Gasteiger partial charge is 0.327 e. The van der Waals surface area contributed by atoms with Crippen LogP contribution in [0.5, 0.6) is 0 Å². The van der Waals surface area contributed by atoms with Crippen molar-refractivity contribution >= 4 is 11.9 Å². The fourth-order valence-corrected chi connectivity index (χ4v) is 2.47. The summed E-state index contributed by atoms with van der Waals surface area (Å²) in [6.45, 7) is 3.59. The molecule has 19 heavy (non-hydrogen) atoms. The quantitative estimate of drug-likeness (QED) is 0.550. The van der Waals surface area contributed by atoms with Crippen molar-refractivity contribution in [3.05, 3.63) is 0 Å². The van der Waals surface area contributed by atoms with E-state index >= 15 is 0 Å². The predicted molar refractivity (Wildman–Crippen MR) is 70.7 cm³/mol. The number of carbonyl (C=O) groups is 2. The topological polar surface area (TPSA) is 98.7 Å². The van der Waals surface area contributed by atoms with Gasteiger partial charge in [-0.2, -0.15) is 0 Å². The number of nitrogens with one attached hydrogen (secondary N) is 2. The second kappa shape index (κ2) is 6.86. The lowest BCUT2D eigenvalue weighted by molar-refractivity contribution is -0.141. The Hall–Kier alpha value is -1.14. The molecule has 1 aliphatic carbocycles. The number of hydrogen-bond donors (Lipinski definition) is 4. The van der Waals surface area contributed by atoms with Crippen LogP contribution < -0.4 is 10.6 Å². The number of carbonyl (C=O) groups excluding carboxylic acids is 1. The number of aliphatic hydroxyl groups excluding tert-OH is 1. The third kappa shape index (κ3) is 4.80. The molecule has 0 radical (unpaired) electrons. The fourth-order valence-electron chi connectivity index (χ4n) is 2.47. The highest BCUT2D eigenvalue weighted by molar-refractivity contribution is 5.82. The Morgan fingerprint density at radius 2 is 1.95 bits per heavy atom. The van der Waals surface area contributed by atoms with Gasteiger partial charge in [0.05, 0.1) is 6.61 Å². The summed E-state index contributed by atoms with van der Waals surface area (Å²) in [6.07, 6.45) is 3.70. The van der Waals surface area contributed by atoms with E-state index in [-0.39, 0.29) is 19.1 Å². The van der Waals surface area contributed by atoms with Gasteiger partial charge >= 0.3 is 5.97 Å². The molecular weight excluding hydrogens is 248 g/mol. The van der Waals surface area contributed by atoms with E-state index in [1.54, 1.807) is 0 Å².